The molecule has 1 heterocycles. The SMILES string of the molecule is CCOc1ccccc1C(=O)NCc1ccc2c(c1)CCN2C(=O)c1cccc(C)c1. The van der Waals surface area contributed by atoms with Crippen LogP contribution >= 0.6 is 0 Å². The zero-order valence-corrected chi connectivity index (χ0v) is 17.9. The van der Waals surface area contributed by atoms with Crippen LogP contribution in [0.4, 0.5) is 5.69 Å². The number of hydrogen-bond acceptors (Lipinski definition) is 3. The number of rotatable bonds is 6. The molecule has 0 aliphatic carbocycles. The molecule has 0 fully saturated rings. The largest absolute Gasteiger partial charge is 0.493 e. The van der Waals surface area contributed by atoms with E-state index >= 15 is 0 Å². The summed E-state index contributed by atoms with van der Waals surface area (Å²) in [5.74, 6) is 0.443. The van der Waals surface area contributed by atoms with Crippen molar-refractivity contribution in [2.45, 2.75) is 26.8 Å². The molecule has 1 aliphatic heterocycles. The number of nitrogens with one attached hydrogen (secondary N) is 1. The molecule has 0 atom stereocenters. The van der Waals surface area contributed by atoms with Gasteiger partial charge in [0.1, 0.15) is 5.75 Å². The summed E-state index contributed by atoms with van der Waals surface area (Å²) in [6, 6.07) is 20.9. The van der Waals surface area contributed by atoms with Crippen LogP contribution in [0.25, 0.3) is 0 Å². The first-order chi connectivity index (χ1) is 15.1. The molecule has 2 amide bonds. The highest BCUT2D eigenvalue weighted by Gasteiger charge is 2.25. The average molecular weight is 415 g/mol. The molecular weight excluding hydrogens is 388 g/mol. The van der Waals surface area contributed by atoms with E-state index in [1.54, 1.807) is 12.1 Å². The summed E-state index contributed by atoms with van der Waals surface area (Å²) in [6.45, 7) is 5.47. The molecule has 5 heteroatoms. The van der Waals surface area contributed by atoms with Crippen LogP contribution in [0.2, 0.25) is 0 Å². The summed E-state index contributed by atoms with van der Waals surface area (Å²) in [5, 5.41) is 2.97. The van der Waals surface area contributed by atoms with E-state index in [0.717, 1.165) is 28.8 Å². The van der Waals surface area contributed by atoms with Crippen molar-refractivity contribution in [3.05, 3.63) is 94.5 Å². The van der Waals surface area contributed by atoms with Gasteiger partial charge in [-0.3, -0.25) is 9.59 Å². The maximum atomic E-state index is 13.0. The van der Waals surface area contributed by atoms with Crippen LogP contribution in [-0.4, -0.2) is 25.0 Å². The fourth-order valence-corrected chi connectivity index (χ4v) is 3.92. The number of carbonyl (C=O) groups is 2. The highest BCUT2D eigenvalue weighted by atomic mass is 16.5. The van der Waals surface area contributed by atoms with Gasteiger partial charge < -0.3 is 15.0 Å². The van der Waals surface area contributed by atoms with Gasteiger partial charge in [-0.15, -0.1) is 0 Å². The summed E-state index contributed by atoms with van der Waals surface area (Å²) < 4.78 is 5.55. The third-order valence-electron chi connectivity index (χ3n) is 5.43. The molecule has 5 nitrogen and oxygen atoms in total. The number of fused-ring (bicyclic) bond motifs is 1. The molecule has 0 bridgehead atoms. The van der Waals surface area contributed by atoms with Crippen molar-refractivity contribution in [1.82, 2.24) is 5.32 Å². The lowest BCUT2D eigenvalue weighted by molar-refractivity contribution is 0.0945. The molecule has 3 aromatic carbocycles. The molecule has 0 radical (unpaired) electrons. The van der Waals surface area contributed by atoms with Gasteiger partial charge in [0, 0.05) is 24.3 Å². The lowest BCUT2D eigenvalue weighted by Crippen LogP contribution is -2.28. The van der Waals surface area contributed by atoms with Crippen LogP contribution in [0, 0.1) is 6.92 Å². The first-order valence-electron chi connectivity index (χ1n) is 10.6. The van der Waals surface area contributed by atoms with Crippen LogP contribution in [0.15, 0.2) is 66.7 Å². The van der Waals surface area contributed by atoms with Gasteiger partial charge in [-0.05, 0) is 61.7 Å². The van der Waals surface area contributed by atoms with Crippen LogP contribution < -0.4 is 15.0 Å². The summed E-state index contributed by atoms with van der Waals surface area (Å²) in [4.78, 5) is 27.4. The molecule has 3 aromatic rings. The number of para-hydroxylation sites is 1. The van der Waals surface area contributed by atoms with E-state index in [-0.39, 0.29) is 11.8 Å². The van der Waals surface area contributed by atoms with Crippen molar-refractivity contribution in [2.75, 3.05) is 18.1 Å². The standard InChI is InChI=1S/C26H26N2O3/c1-3-31-24-10-5-4-9-22(24)25(29)27-17-19-11-12-23-20(16-19)13-14-28(23)26(30)21-8-6-7-18(2)15-21/h4-12,15-16H,3,13-14,17H2,1-2H3,(H,27,29). The maximum Gasteiger partial charge on any atom is 0.258 e. The Balaban J connectivity index is 1.45. The maximum absolute atomic E-state index is 13.0. The lowest BCUT2D eigenvalue weighted by atomic mass is 10.1. The molecule has 158 valence electrons. The monoisotopic (exact) mass is 414 g/mol. The van der Waals surface area contributed by atoms with E-state index in [0.29, 0.717) is 36.6 Å². The van der Waals surface area contributed by atoms with Crippen molar-refractivity contribution < 1.29 is 14.3 Å². The normalized spacial score (nSPS) is 12.4. The Labute approximate surface area is 182 Å². The topological polar surface area (TPSA) is 58.6 Å². The van der Waals surface area contributed by atoms with Crippen LogP contribution in [0.5, 0.6) is 5.75 Å². The number of nitrogens with zero attached hydrogens (tertiary/aromatic N) is 1. The van der Waals surface area contributed by atoms with Crippen LogP contribution in [-0.2, 0) is 13.0 Å². The van der Waals surface area contributed by atoms with Gasteiger partial charge >= 0.3 is 0 Å². The van der Waals surface area contributed by atoms with E-state index in [2.05, 4.69) is 11.4 Å². The Hall–Kier alpha value is -3.60. The van der Waals surface area contributed by atoms with Gasteiger partial charge in [-0.25, -0.2) is 0 Å². The van der Waals surface area contributed by atoms with E-state index in [4.69, 9.17) is 4.74 Å². The van der Waals surface area contributed by atoms with Crippen molar-refractivity contribution in [3.8, 4) is 5.75 Å². The second-order valence-electron chi connectivity index (χ2n) is 7.65. The summed E-state index contributed by atoms with van der Waals surface area (Å²) in [5.41, 5.74) is 5.39. The van der Waals surface area contributed by atoms with Crippen LogP contribution in [0.3, 0.4) is 0 Å². The smallest absolute Gasteiger partial charge is 0.258 e. The number of hydrogen-bond donors (Lipinski definition) is 1. The Morgan fingerprint density at radius 2 is 1.87 bits per heavy atom. The summed E-state index contributed by atoms with van der Waals surface area (Å²) >= 11 is 0. The Morgan fingerprint density at radius 3 is 2.68 bits per heavy atom. The first-order valence-corrected chi connectivity index (χ1v) is 10.6. The quantitative estimate of drug-likeness (QED) is 0.645. The Morgan fingerprint density at radius 1 is 1.03 bits per heavy atom. The third-order valence-corrected chi connectivity index (χ3v) is 5.43. The molecule has 0 saturated carbocycles. The minimum absolute atomic E-state index is 0.0241. The molecule has 0 aromatic heterocycles. The van der Waals surface area contributed by atoms with Gasteiger partial charge in [-0.2, -0.15) is 0 Å². The van der Waals surface area contributed by atoms with Gasteiger partial charge in [0.15, 0.2) is 0 Å². The lowest BCUT2D eigenvalue weighted by Gasteiger charge is -2.18. The third kappa shape index (κ3) is 4.45. The number of amides is 2. The predicted octanol–water partition coefficient (Wildman–Crippen LogP) is 4.53. The van der Waals surface area contributed by atoms with Gasteiger partial charge in [0.25, 0.3) is 11.8 Å². The molecule has 0 unspecified atom stereocenters. The van der Waals surface area contributed by atoms with Crippen molar-refractivity contribution in [3.63, 3.8) is 0 Å². The highest BCUT2D eigenvalue weighted by Crippen LogP contribution is 2.30. The zero-order valence-electron chi connectivity index (χ0n) is 17.9. The predicted molar refractivity (Wildman–Crippen MR) is 122 cm³/mol. The number of carbonyl (C=O) groups excluding carboxylic acids is 2. The average Bonchev–Trinajstić information content (AvgIpc) is 3.21. The van der Waals surface area contributed by atoms with E-state index < -0.39 is 0 Å². The van der Waals surface area contributed by atoms with E-state index in [9.17, 15) is 9.59 Å². The van der Waals surface area contributed by atoms with Crippen LogP contribution in [0.1, 0.15) is 44.3 Å². The molecule has 1 N–H and O–H groups in total. The minimum atomic E-state index is -0.166. The number of aryl methyl sites for hydroxylation is 1. The first kappa shape index (κ1) is 20.7. The molecule has 4 rings (SSSR count). The number of anilines is 1. The Kier molecular flexibility index (Phi) is 6.03. The second-order valence-corrected chi connectivity index (χ2v) is 7.65. The van der Waals surface area contributed by atoms with Gasteiger partial charge in [0.05, 0.1) is 12.2 Å². The second kappa shape index (κ2) is 9.04. The fourth-order valence-electron chi connectivity index (χ4n) is 3.92. The fraction of sp³-hybridized carbons (Fsp3) is 0.231. The van der Waals surface area contributed by atoms with Gasteiger partial charge in [-0.1, -0.05) is 42.0 Å². The number of benzene rings is 3. The van der Waals surface area contributed by atoms with Crippen molar-refractivity contribution >= 4 is 17.5 Å². The van der Waals surface area contributed by atoms with Gasteiger partial charge in [0.2, 0.25) is 0 Å². The Bertz CT molecular complexity index is 1120. The summed E-state index contributed by atoms with van der Waals surface area (Å²) in [6.07, 6.45) is 0.807. The molecule has 1 aliphatic rings. The van der Waals surface area contributed by atoms with E-state index in [1.807, 2.05) is 67.3 Å². The molecule has 31 heavy (non-hydrogen) atoms. The molecule has 0 saturated heterocycles. The summed E-state index contributed by atoms with van der Waals surface area (Å²) in [7, 11) is 0. The molecule has 0 spiro atoms. The van der Waals surface area contributed by atoms with E-state index in [1.165, 1.54) is 0 Å². The minimum Gasteiger partial charge on any atom is -0.493 e. The number of ether oxygens (including phenoxy) is 1. The molecular formula is C26H26N2O3. The zero-order chi connectivity index (χ0) is 21.8. The van der Waals surface area contributed by atoms with Crippen molar-refractivity contribution in [1.29, 1.82) is 0 Å². The van der Waals surface area contributed by atoms with Crippen molar-refractivity contribution in [2.24, 2.45) is 0 Å². The highest BCUT2D eigenvalue weighted by molar-refractivity contribution is 6.07.